The Hall–Kier alpha value is -0.450. The zero-order valence-corrected chi connectivity index (χ0v) is 9.42. The van der Waals surface area contributed by atoms with E-state index < -0.39 is 6.10 Å². The highest BCUT2D eigenvalue weighted by Gasteiger charge is 2.09. The molecule has 1 aromatic rings. The second-order valence-corrected chi connectivity index (χ2v) is 3.70. The van der Waals surface area contributed by atoms with Gasteiger partial charge in [-0.25, -0.2) is 4.39 Å². The van der Waals surface area contributed by atoms with Gasteiger partial charge in [0.25, 0.3) is 0 Å². The normalized spacial score (nSPS) is 12.9. The molecule has 0 fully saturated rings. The van der Waals surface area contributed by atoms with E-state index in [2.05, 4.69) is 15.9 Å². The fourth-order valence-corrected chi connectivity index (χ4v) is 1.44. The van der Waals surface area contributed by atoms with Crippen LogP contribution in [0.1, 0.15) is 18.6 Å². The molecule has 1 atom stereocenters. The standard InChI is InChI=1S/C10H12BrFO2/c1-2-14-6-10(13)7-3-4-9(12)8(11)5-7/h3-5,10,13H,2,6H2,1H3. The van der Waals surface area contributed by atoms with Gasteiger partial charge in [0.15, 0.2) is 0 Å². The number of ether oxygens (including phenoxy) is 1. The van der Waals surface area contributed by atoms with Crippen molar-refractivity contribution < 1.29 is 14.2 Å². The predicted molar refractivity (Wildman–Crippen MR) is 55.6 cm³/mol. The van der Waals surface area contributed by atoms with E-state index in [1.54, 1.807) is 12.1 Å². The van der Waals surface area contributed by atoms with E-state index in [1.807, 2.05) is 6.92 Å². The van der Waals surface area contributed by atoms with Gasteiger partial charge in [-0.3, -0.25) is 0 Å². The summed E-state index contributed by atoms with van der Waals surface area (Å²) in [4.78, 5) is 0. The summed E-state index contributed by atoms with van der Waals surface area (Å²) in [5, 5.41) is 9.60. The molecule has 0 saturated heterocycles. The van der Waals surface area contributed by atoms with Crippen molar-refractivity contribution in [2.75, 3.05) is 13.2 Å². The Bertz CT molecular complexity index is 304. The molecule has 0 aliphatic carbocycles. The third kappa shape index (κ3) is 3.04. The first-order chi connectivity index (χ1) is 6.65. The first kappa shape index (κ1) is 11.6. The minimum Gasteiger partial charge on any atom is -0.386 e. The number of benzene rings is 1. The zero-order valence-electron chi connectivity index (χ0n) is 7.84. The third-order valence-corrected chi connectivity index (χ3v) is 2.42. The number of halogens is 2. The molecule has 0 bridgehead atoms. The van der Waals surface area contributed by atoms with Gasteiger partial charge in [-0.1, -0.05) is 6.07 Å². The maximum absolute atomic E-state index is 12.9. The van der Waals surface area contributed by atoms with Crippen LogP contribution >= 0.6 is 15.9 Å². The molecule has 0 aliphatic rings. The third-order valence-electron chi connectivity index (χ3n) is 1.81. The van der Waals surface area contributed by atoms with Gasteiger partial charge in [0.05, 0.1) is 11.1 Å². The fourth-order valence-electron chi connectivity index (χ4n) is 1.05. The molecular formula is C10H12BrFO2. The van der Waals surface area contributed by atoms with E-state index >= 15 is 0 Å². The molecule has 1 N–H and O–H groups in total. The van der Waals surface area contributed by atoms with Crippen LogP contribution in [0.15, 0.2) is 22.7 Å². The smallest absolute Gasteiger partial charge is 0.137 e. The average molecular weight is 263 g/mol. The Kier molecular flexibility index (Phi) is 4.51. The summed E-state index contributed by atoms with van der Waals surface area (Å²) < 4.78 is 18.3. The Morgan fingerprint density at radius 3 is 2.86 bits per heavy atom. The average Bonchev–Trinajstić information content (AvgIpc) is 2.18. The Balaban J connectivity index is 2.70. The van der Waals surface area contributed by atoms with Crippen LogP contribution in [0.2, 0.25) is 0 Å². The summed E-state index contributed by atoms with van der Waals surface area (Å²) in [6.07, 6.45) is -0.702. The lowest BCUT2D eigenvalue weighted by Gasteiger charge is -2.11. The van der Waals surface area contributed by atoms with Crippen LogP contribution in [0.3, 0.4) is 0 Å². The molecule has 0 heterocycles. The van der Waals surface area contributed by atoms with Crippen molar-refractivity contribution >= 4 is 15.9 Å². The van der Waals surface area contributed by atoms with Gasteiger partial charge in [-0.15, -0.1) is 0 Å². The summed E-state index contributed by atoms with van der Waals surface area (Å²) in [5.41, 5.74) is 0.645. The van der Waals surface area contributed by atoms with E-state index in [0.29, 0.717) is 16.6 Å². The van der Waals surface area contributed by atoms with Gasteiger partial charge in [0.2, 0.25) is 0 Å². The molecule has 0 radical (unpaired) electrons. The first-order valence-electron chi connectivity index (χ1n) is 4.36. The molecule has 4 heteroatoms. The van der Waals surface area contributed by atoms with Crippen molar-refractivity contribution in [1.82, 2.24) is 0 Å². The Morgan fingerprint density at radius 1 is 1.57 bits per heavy atom. The van der Waals surface area contributed by atoms with Gasteiger partial charge >= 0.3 is 0 Å². The van der Waals surface area contributed by atoms with E-state index in [-0.39, 0.29) is 12.4 Å². The van der Waals surface area contributed by atoms with Crippen molar-refractivity contribution in [3.63, 3.8) is 0 Å². The molecule has 0 saturated carbocycles. The molecule has 1 aromatic carbocycles. The van der Waals surface area contributed by atoms with Crippen molar-refractivity contribution in [3.05, 3.63) is 34.1 Å². The monoisotopic (exact) mass is 262 g/mol. The molecule has 0 aliphatic heterocycles. The van der Waals surface area contributed by atoms with Crippen LogP contribution in [0.5, 0.6) is 0 Å². The maximum atomic E-state index is 12.9. The Morgan fingerprint density at radius 2 is 2.29 bits per heavy atom. The van der Waals surface area contributed by atoms with E-state index in [9.17, 15) is 9.50 Å². The summed E-state index contributed by atoms with van der Waals surface area (Å²) in [7, 11) is 0. The first-order valence-corrected chi connectivity index (χ1v) is 5.15. The molecule has 1 rings (SSSR count). The molecule has 14 heavy (non-hydrogen) atoms. The van der Waals surface area contributed by atoms with Crippen LogP contribution in [-0.4, -0.2) is 18.3 Å². The van der Waals surface area contributed by atoms with E-state index in [1.165, 1.54) is 6.07 Å². The quantitative estimate of drug-likeness (QED) is 0.904. The molecule has 0 aromatic heterocycles. The maximum Gasteiger partial charge on any atom is 0.137 e. The van der Waals surface area contributed by atoms with Crippen LogP contribution in [0, 0.1) is 5.82 Å². The van der Waals surface area contributed by atoms with Gasteiger partial charge in [0.1, 0.15) is 11.9 Å². The number of hydrogen-bond donors (Lipinski definition) is 1. The lowest BCUT2D eigenvalue weighted by molar-refractivity contribution is 0.0419. The van der Waals surface area contributed by atoms with Crippen molar-refractivity contribution in [2.45, 2.75) is 13.0 Å². The molecule has 78 valence electrons. The summed E-state index contributed by atoms with van der Waals surface area (Å²) in [6, 6.07) is 4.41. The minimum atomic E-state index is -0.702. The van der Waals surface area contributed by atoms with Crippen molar-refractivity contribution in [2.24, 2.45) is 0 Å². The number of aliphatic hydroxyl groups is 1. The largest absolute Gasteiger partial charge is 0.386 e. The van der Waals surface area contributed by atoms with Crippen LogP contribution in [0.25, 0.3) is 0 Å². The molecule has 0 amide bonds. The summed E-state index contributed by atoms with van der Waals surface area (Å²) >= 11 is 3.06. The SMILES string of the molecule is CCOCC(O)c1ccc(F)c(Br)c1. The molecule has 0 spiro atoms. The van der Waals surface area contributed by atoms with Crippen LogP contribution < -0.4 is 0 Å². The van der Waals surface area contributed by atoms with Gasteiger partial charge < -0.3 is 9.84 Å². The van der Waals surface area contributed by atoms with E-state index in [4.69, 9.17) is 4.74 Å². The lowest BCUT2D eigenvalue weighted by atomic mass is 10.1. The number of aliphatic hydroxyl groups excluding tert-OH is 1. The summed E-state index contributed by atoms with van der Waals surface area (Å²) in [6.45, 7) is 2.64. The highest BCUT2D eigenvalue weighted by atomic mass is 79.9. The van der Waals surface area contributed by atoms with E-state index in [0.717, 1.165) is 0 Å². The second-order valence-electron chi connectivity index (χ2n) is 2.85. The molecule has 2 nitrogen and oxygen atoms in total. The lowest BCUT2D eigenvalue weighted by Crippen LogP contribution is -2.07. The fraction of sp³-hybridized carbons (Fsp3) is 0.400. The number of rotatable bonds is 4. The predicted octanol–water partition coefficient (Wildman–Crippen LogP) is 2.66. The number of hydrogen-bond acceptors (Lipinski definition) is 2. The van der Waals surface area contributed by atoms with Crippen molar-refractivity contribution in [3.8, 4) is 0 Å². The minimum absolute atomic E-state index is 0.231. The Labute approximate surface area is 90.8 Å². The van der Waals surface area contributed by atoms with Gasteiger partial charge in [-0.2, -0.15) is 0 Å². The summed E-state index contributed by atoms with van der Waals surface area (Å²) in [5.74, 6) is -0.336. The second kappa shape index (κ2) is 5.44. The molecular weight excluding hydrogens is 251 g/mol. The van der Waals surface area contributed by atoms with Crippen LogP contribution in [0.4, 0.5) is 4.39 Å². The van der Waals surface area contributed by atoms with Gasteiger partial charge in [0, 0.05) is 6.61 Å². The van der Waals surface area contributed by atoms with Gasteiger partial charge in [-0.05, 0) is 40.5 Å². The highest BCUT2D eigenvalue weighted by molar-refractivity contribution is 9.10. The highest BCUT2D eigenvalue weighted by Crippen LogP contribution is 2.21. The molecule has 1 unspecified atom stereocenters. The zero-order chi connectivity index (χ0) is 10.6. The van der Waals surface area contributed by atoms with Crippen molar-refractivity contribution in [1.29, 1.82) is 0 Å². The van der Waals surface area contributed by atoms with Crippen LogP contribution in [-0.2, 0) is 4.74 Å². The topological polar surface area (TPSA) is 29.5 Å².